The first-order valence-electron chi connectivity index (χ1n) is 6.93. The first-order valence-corrected chi connectivity index (χ1v) is 6.93. The normalized spacial score (nSPS) is 15.7. The number of hydrogen-bond acceptors (Lipinski definition) is 5. The third-order valence-electron chi connectivity index (χ3n) is 3.50. The van der Waals surface area contributed by atoms with E-state index in [0.29, 0.717) is 11.7 Å². The standard InChI is InChI=1S/C15H19N5/c1-10(11-5-3-2-4-6-11)17-13-9-14(20-16)19-15(18-13)12-7-8-12/h2-6,9-10,12H,7-8,16H2,1H3,(H2,17,18,19,20). The van der Waals surface area contributed by atoms with Crippen LogP contribution in [0, 0.1) is 0 Å². The molecule has 1 aromatic heterocycles. The van der Waals surface area contributed by atoms with Crippen molar-refractivity contribution in [2.75, 3.05) is 10.7 Å². The van der Waals surface area contributed by atoms with E-state index in [9.17, 15) is 0 Å². The first kappa shape index (κ1) is 12.9. The molecule has 5 heteroatoms. The van der Waals surface area contributed by atoms with Crippen LogP contribution >= 0.6 is 0 Å². The smallest absolute Gasteiger partial charge is 0.145 e. The van der Waals surface area contributed by atoms with Gasteiger partial charge in [0.2, 0.25) is 0 Å². The van der Waals surface area contributed by atoms with Gasteiger partial charge in [-0.15, -0.1) is 0 Å². The molecule has 5 nitrogen and oxygen atoms in total. The van der Waals surface area contributed by atoms with Gasteiger partial charge < -0.3 is 10.7 Å². The van der Waals surface area contributed by atoms with Crippen LogP contribution in [-0.4, -0.2) is 9.97 Å². The van der Waals surface area contributed by atoms with Crippen LogP contribution in [-0.2, 0) is 0 Å². The molecule has 1 aliphatic rings. The summed E-state index contributed by atoms with van der Waals surface area (Å²) < 4.78 is 0. The Morgan fingerprint density at radius 1 is 1.15 bits per heavy atom. The van der Waals surface area contributed by atoms with E-state index in [4.69, 9.17) is 5.84 Å². The second kappa shape index (κ2) is 5.46. The van der Waals surface area contributed by atoms with Crippen LogP contribution in [0.1, 0.15) is 43.1 Å². The summed E-state index contributed by atoms with van der Waals surface area (Å²) in [6.07, 6.45) is 2.34. The van der Waals surface area contributed by atoms with Gasteiger partial charge in [0.25, 0.3) is 0 Å². The molecule has 1 aromatic carbocycles. The summed E-state index contributed by atoms with van der Waals surface area (Å²) in [7, 11) is 0. The molecule has 0 spiro atoms. The Hall–Kier alpha value is -2.14. The van der Waals surface area contributed by atoms with Crippen LogP contribution in [0.4, 0.5) is 11.6 Å². The number of nitrogens with zero attached hydrogens (tertiary/aromatic N) is 2. The molecule has 1 atom stereocenters. The van der Waals surface area contributed by atoms with Crippen LogP contribution in [0.3, 0.4) is 0 Å². The van der Waals surface area contributed by atoms with Crippen molar-refractivity contribution in [1.82, 2.24) is 9.97 Å². The Morgan fingerprint density at radius 3 is 2.50 bits per heavy atom. The monoisotopic (exact) mass is 269 g/mol. The lowest BCUT2D eigenvalue weighted by molar-refractivity contribution is 0.854. The molecule has 1 unspecified atom stereocenters. The minimum absolute atomic E-state index is 0.184. The van der Waals surface area contributed by atoms with Crippen LogP contribution in [0.2, 0.25) is 0 Å². The van der Waals surface area contributed by atoms with Crippen molar-refractivity contribution in [1.29, 1.82) is 0 Å². The summed E-state index contributed by atoms with van der Waals surface area (Å²) in [4.78, 5) is 9.00. The number of anilines is 2. The fourth-order valence-corrected chi connectivity index (χ4v) is 2.18. The third kappa shape index (κ3) is 2.88. The molecule has 1 saturated carbocycles. The van der Waals surface area contributed by atoms with Gasteiger partial charge in [-0.2, -0.15) is 0 Å². The van der Waals surface area contributed by atoms with Gasteiger partial charge in [-0.25, -0.2) is 15.8 Å². The molecule has 0 bridgehead atoms. The maximum atomic E-state index is 5.48. The molecule has 4 N–H and O–H groups in total. The zero-order chi connectivity index (χ0) is 13.9. The predicted octanol–water partition coefficient (Wildman–Crippen LogP) is 2.81. The van der Waals surface area contributed by atoms with Crippen LogP contribution < -0.4 is 16.6 Å². The van der Waals surface area contributed by atoms with Crippen molar-refractivity contribution in [2.24, 2.45) is 5.84 Å². The highest BCUT2D eigenvalue weighted by Gasteiger charge is 2.27. The number of hydrazine groups is 1. The Morgan fingerprint density at radius 2 is 1.85 bits per heavy atom. The van der Waals surface area contributed by atoms with Gasteiger partial charge in [0.15, 0.2) is 0 Å². The van der Waals surface area contributed by atoms with Gasteiger partial charge in [-0.3, -0.25) is 0 Å². The lowest BCUT2D eigenvalue weighted by Crippen LogP contribution is -2.13. The topological polar surface area (TPSA) is 75.9 Å². The summed E-state index contributed by atoms with van der Waals surface area (Å²) in [6.45, 7) is 2.11. The van der Waals surface area contributed by atoms with Crippen molar-refractivity contribution in [3.8, 4) is 0 Å². The van der Waals surface area contributed by atoms with E-state index in [-0.39, 0.29) is 6.04 Å². The van der Waals surface area contributed by atoms with Crippen molar-refractivity contribution >= 4 is 11.6 Å². The fraction of sp³-hybridized carbons (Fsp3) is 0.333. The van der Waals surface area contributed by atoms with Crippen molar-refractivity contribution in [3.63, 3.8) is 0 Å². The van der Waals surface area contributed by atoms with Gasteiger partial charge in [0.1, 0.15) is 17.5 Å². The van der Waals surface area contributed by atoms with Gasteiger partial charge in [-0.1, -0.05) is 30.3 Å². The Balaban J connectivity index is 1.81. The van der Waals surface area contributed by atoms with Gasteiger partial charge in [-0.05, 0) is 25.3 Å². The lowest BCUT2D eigenvalue weighted by atomic mass is 10.1. The zero-order valence-corrected chi connectivity index (χ0v) is 11.5. The van der Waals surface area contributed by atoms with E-state index in [1.54, 1.807) is 0 Å². The molecule has 1 aliphatic carbocycles. The van der Waals surface area contributed by atoms with E-state index < -0.39 is 0 Å². The summed E-state index contributed by atoms with van der Waals surface area (Å²) >= 11 is 0. The van der Waals surface area contributed by atoms with Gasteiger partial charge in [0.05, 0.1) is 0 Å². The van der Waals surface area contributed by atoms with Crippen molar-refractivity contribution in [2.45, 2.75) is 31.7 Å². The van der Waals surface area contributed by atoms with Crippen molar-refractivity contribution in [3.05, 3.63) is 47.8 Å². The molecular formula is C15H19N5. The average molecular weight is 269 g/mol. The maximum Gasteiger partial charge on any atom is 0.145 e. The molecule has 0 aliphatic heterocycles. The highest BCUT2D eigenvalue weighted by molar-refractivity contribution is 5.48. The van der Waals surface area contributed by atoms with Crippen LogP contribution in [0.15, 0.2) is 36.4 Å². The van der Waals surface area contributed by atoms with E-state index in [0.717, 1.165) is 11.6 Å². The fourth-order valence-electron chi connectivity index (χ4n) is 2.18. The van der Waals surface area contributed by atoms with E-state index in [1.807, 2.05) is 24.3 Å². The van der Waals surface area contributed by atoms with E-state index >= 15 is 0 Å². The molecule has 20 heavy (non-hydrogen) atoms. The summed E-state index contributed by atoms with van der Waals surface area (Å²) in [5.74, 6) is 8.32. The maximum absolute atomic E-state index is 5.48. The number of nitrogens with two attached hydrogens (primary N) is 1. The second-order valence-electron chi connectivity index (χ2n) is 5.19. The molecule has 3 rings (SSSR count). The Labute approximate surface area is 118 Å². The number of rotatable bonds is 5. The number of hydrogen-bond donors (Lipinski definition) is 3. The molecule has 0 amide bonds. The zero-order valence-electron chi connectivity index (χ0n) is 11.5. The second-order valence-corrected chi connectivity index (χ2v) is 5.19. The Bertz CT molecular complexity index is 580. The minimum atomic E-state index is 0.184. The Kier molecular flexibility index (Phi) is 3.52. The average Bonchev–Trinajstić information content (AvgIpc) is 3.32. The highest BCUT2D eigenvalue weighted by atomic mass is 15.3. The van der Waals surface area contributed by atoms with Gasteiger partial charge in [0, 0.05) is 18.0 Å². The van der Waals surface area contributed by atoms with Crippen LogP contribution in [0.5, 0.6) is 0 Å². The molecule has 1 heterocycles. The predicted molar refractivity (Wildman–Crippen MR) is 80.3 cm³/mol. The SMILES string of the molecule is CC(Nc1cc(NN)nc(C2CC2)n1)c1ccccc1. The van der Waals surface area contributed by atoms with Gasteiger partial charge >= 0.3 is 0 Å². The van der Waals surface area contributed by atoms with Crippen LogP contribution in [0.25, 0.3) is 0 Å². The lowest BCUT2D eigenvalue weighted by Gasteiger charge is -2.16. The quantitative estimate of drug-likeness (QED) is 0.575. The van der Waals surface area contributed by atoms with Crippen molar-refractivity contribution < 1.29 is 0 Å². The number of nitrogen functional groups attached to an aromatic ring is 1. The highest BCUT2D eigenvalue weighted by Crippen LogP contribution is 2.39. The summed E-state index contributed by atoms with van der Waals surface area (Å²) in [6, 6.07) is 12.3. The number of benzene rings is 1. The number of nitrogens with one attached hydrogen (secondary N) is 2. The third-order valence-corrected chi connectivity index (χ3v) is 3.50. The largest absolute Gasteiger partial charge is 0.363 e. The molecule has 2 aromatic rings. The molecular weight excluding hydrogens is 250 g/mol. The molecule has 0 saturated heterocycles. The molecule has 0 radical (unpaired) electrons. The molecule has 104 valence electrons. The first-order chi connectivity index (χ1) is 9.76. The number of aromatic nitrogens is 2. The summed E-state index contributed by atoms with van der Waals surface area (Å²) in [5, 5.41) is 3.41. The summed E-state index contributed by atoms with van der Waals surface area (Å²) in [5.41, 5.74) is 3.84. The molecule has 1 fully saturated rings. The minimum Gasteiger partial charge on any atom is -0.363 e. The van der Waals surface area contributed by atoms with E-state index in [2.05, 4.69) is 39.8 Å². The van der Waals surface area contributed by atoms with E-state index in [1.165, 1.54) is 18.4 Å².